The third kappa shape index (κ3) is 5.91. The molecule has 30 valence electrons. The van der Waals surface area contributed by atoms with Gasteiger partial charge in [0.2, 0.25) is 0 Å². The van der Waals surface area contributed by atoms with Crippen LogP contribution in [0.1, 0.15) is 0 Å². The van der Waals surface area contributed by atoms with Gasteiger partial charge in [0.05, 0.1) is 0 Å². The maximum atomic E-state index is 2.45. The fraction of sp³-hybridized carbons (Fsp3) is 0. The zero-order chi connectivity index (χ0) is 4.83. The second-order valence-corrected chi connectivity index (χ2v) is 12.4. The molecule has 0 aliphatic heterocycles. The van der Waals surface area contributed by atoms with E-state index in [9.17, 15) is 0 Å². The summed E-state index contributed by atoms with van der Waals surface area (Å²) in [5, 5.41) is 0. The first kappa shape index (κ1) is 7.91. The Morgan fingerprint density at radius 1 is 1.00 bits per heavy atom. The predicted molar refractivity (Wildman–Crippen MR) is 37.7 cm³/mol. The van der Waals surface area contributed by atoms with Gasteiger partial charge in [-0.05, 0) is 0 Å². The molecule has 0 heterocycles. The zero-order valence-electron chi connectivity index (χ0n) is 3.46. The van der Waals surface area contributed by atoms with Crippen LogP contribution in [0.5, 0.6) is 0 Å². The molecule has 0 unspecified atom stereocenters. The minimum absolute atomic E-state index is 0.215. The van der Waals surface area contributed by atoms with Crippen molar-refractivity contribution in [3.05, 3.63) is 9.82 Å². The third-order valence-corrected chi connectivity index (χ3v) is 9.00. The van der Waals surface area contributed by atoms with Gasteiger partial charge in [0, 0.05) is 0 Å². The first-order chi connectivity index (χ1) is 2.91. The summed E-state index contributed by atoms with van der Waals surface area (Å²) < 4.78 is 0. The SMILES string of the molecule is [GeH]=[GeH][CH]=[CH][GeH]=[GeH]. The van der Waals surface area contributed by atoms with Gasteiger partial charge in [-0.2, -0.15) is 0 Å². The van der Waals surface area contributed by atoms with Crippen molar-refractivity contribution in [1.82, 2.24) is 0 Å². The van der Waals surface area contributed by atoms with Crippen LogP contribution >= 0.6 is 0 Å². The van der Waals surface area contributed by atoms with Crippen LogP contribution in [-0.2, 0) is 0 Å². The van der Waals surface area contributed by atoms with E-state index in [2.05, 4.69) is 9.82 Å². The number of hydrogen-bond donors (Lipinski definition) is 0. The van der Waals surface area contributed by atoms with Gasteiger partial charge >= 0.3 is 63.7 Å². The minimum atomic E-state index is 0.215. The normalized spacial score (nSPS) is 8.67. The molecule has 0 aliphatic carbocycles. The summed E-state index contributed by atoms with van der Waals surface area (Å²) >= 11 is 4.35. The standard InChI is InChI=1S/C2H6Ge4/c3-5-1-2-6-4/h1-6H. The molecule has 0 nitrogen and oxygen atoms in total. The summed E-state index contributed by atoms with van der Waals surface area (Å²) in [5.41, 5.74) is 0. The molecule has 6 heavy (non-hydrogen) atoms. The molecule has 0 spiro atoms. The summed E-state index contributed by atoms with van der Waals surface area (Å²) in [5.74, 6) is 0. The Morgan fingerprint density at radius 3 is 1.50 bits per heavy atom. The van der Waals surface area contributed by atoms with Gasteiger partial charge in [-0.1, -0.05) is 0 Å². The Labute approximate surface area is 62.9 Å². The molecule has 0 fully saturated rings. The van der Waals surface area contributed by atoms with Crippen LogP contribution in [0.2, 0.25) is 0 Å². The topological polar surface area (TPSA) is 0 Å². The fourth-order valence-corrected chi connectivity index (χ4v) is 18.0. The van der Waals surface area contributed by atoms with Gasteiger partial charge in [-0.25, -0.2) is 0 Å². The van der Waals surface area contributed by atoms with Crippen LogP contribution in [0.15, 0.2) is 9.82 Å². The van der Waals surface area contributed by atoms with Gasteiger partial charge in [0.1, 0.15) is 0 Å². The molecular weight excluding hydrogens is 314 g/mol. The Morgan fingerprint density at radius 2 is 1.33 bits per heavy atom. The van der Waals surface area contributed by atoms with Crippen molar-refractivity contribution in [2.45, 2.75) is 0 Å². The first-order valence-electron chi connectivity index (χ1n) is 1.67. The molecule has 0 aromatic heterocycles. The summed E-state index contributed by atoms with van der Waals surface area (Å²) in [6.07, 6.45) is 0. The second kappa shape index (κ2) is 6.91. The van der Waals surface area contributed by atoms with Crippen molar-refractivity contribution in [3.63, 3.8) is 0 Å². The maximum absolute atomic E-state index is 2.45. The average molecular weight is 321 g/mol. The van der Waals surface area contributed by atoms with E-state index in [1.54, 1.807) is 0 Å². The molecule has 0 atom stereocenters. The third-order valence-electron chi connectivity index (χ3n) is 0.333. The number of hydrogen-bond acceptors (Lipinski definition) is 0. The summed E-state index contributed by atoms with van der Waals surface area (Å²) in [7, 11) is 0. The van der Waals surface area contributed by atoms with Gasteiger partial charge < -0.3 is 0 Å². The molecule has 0 aromatic rings. The molecule has 0 saturated heterocycles. The molecule has 0 aromatic carbocycles. The van der Waals surface area contributed by atoms with E-state index in [0.29, 0.717) is 0 Å². The average Bonchev–Trinajstić information content (AvgIpc) is 1.61. The van der Waals surface area contributed by atoms with Crippen LogP contribution in [-0.4, -0.2) is 53.8 Å². The predicted octanol–water partition coefficient (Wildman–Crippen LogP) is -2.04. The zero-order valence-corrected chi connectivity index (χ0v) is 13.2. The molecule has 2 radical (unpaired) electrons. The fourth-order valence-electron chi connectivity index (χ4n) is 0.128. The van der Waals surface area contributed by atoms with Crippen molar-refractivity contribution in [2.75, 3.05) is 0 Å². The summed E-state index contributed by atoms with van der Waals surface area (Å²) in [6, 6.07) is 0. The van der Waals surface area contributed by atoms with E-state index in [1.807, 2.05) is 28.0 Å². The monoisotopic (exact) mass is 326 g/mol. The van der Waals surface area contributed by atoms with Crippen molar-refractivity contribution >= 4 is 53.8 Å². The second-order valence-electron chi connectivity index (χ2n) is 0.770. The Kier molecular flexibility index (Phi) is 9.11. The van der Waals surface area contributed by atoms with Gasteiger partial charge in [0.25, 0.3) is 0 Å². The quantitative estimate of drug-likeness (QED) is 0.515. The Balaban J connectivity index is 3.17. The Bertz CT molecular complexity index is 63.6. The van der Waals surface area contributed by atoms with Gasteiger partial charge in [-0.15, -0.1) is 0 Å². The van der Waals surface area contributed by atoms with Crippen molar-refractivity contribution in [2.24, 2.45) is 0 Å². The number of rotatable bonds is 2. The molecule has 0 amide bonds. The van der Waals surface area contributed by atoms with E-state index in [0.717, 1.165) is 0 Å². The van der Waals surface area contributed by atoms with Crippen molar-refractivity contribution in [1.29, 1.82) is 0 Å². The van der Waals surface area contributed by atoms with Crippen LogP contribution in [0.25, 0.3) is 0 Å². The van der Waals surface area contributed by atoms with E-state index in [-0.39, 0.29) is 25.8 Å². The van der Waals surface area contributed by atoms with Crippen molar-refractivity contribution < 1.29 is 0 Å². The summed E-state index contributed by atoms with van der Waals surface area (Å²) in [4.78, 5) is 4.90. The molecular formula is C2H6Ge4. The van der Waals surface area contributed by atoms with Crippen LogP contribution in [0.4, 0.5) is 0 Å². The van der Waals surface area contributed by atoms with E-state index in [1.165, 1.54) is 0 Å². The molecule has 0 saturated carbocycles. The van der Waals surface area contributed by atoms with E-state index >= 15 is 0 Å². The van der Waals surface area contributed by atoms with Gasteiger partial charge in [0.15, 0.2) is 0 Å². The molecule has 4 heteroatoms. The van der Waals surface area contributed by atoms with Gasteiger partial charge in [-0.3, -0.25) is 0 Å². The van der Waals surface area contributed by atoms with Crippen LogP contribution in [0, 0.1) is 0 Å². The molecule has 0 bridgehead atoms. The molecule has 0 N–H and O–H groups in total. The van der Waals surface area contributed by atoms with E-state index < -0.39 is 0 Å². The molecule has 0 rings (SSSR count). The van der Waals surface area contributed by atoms with E-state index in [4.69, 9.17) is 0 Å². The molecule has 0 aliphatic rings. The van der Waals surface area contributed by atoms with Crippen molar-refractivity contribution in [3.8, 4) is 0 Å². The van der Waals surface area contributed by atoms with Crippen LogP contribution in [0.3, 0.4) is 0 Å². The summed E-state index contributed by atoms with van der Waals surface area (Å²) in [6.45, 7) is 0. The Hall–Kier alpha value is 1.91. The van der Waals surface area contributed by atoms with Crippen LogP contribution < -0.4 is 0 Å². The first-order valence-corrected chi connectivity index (χ1v) is 21.8.